The van der Waals surface area contributed by atoms with Crippen molar-refractivity contribution in [3.63, 3.8) is 0 Å². The number of hydrogen-bond donors (Lipinski definition) is 2. The van der Waals surface area contributed by atoms with Gasteiger partial charge in [0.15, 0.2) is 0 Å². The molecule has 0 fully saturated rings. The van der Waals surface area contributed by atoms with Gasteiger partial charge in [0, 0.05) is 11.8 Å². The second-order valence-electron chi connectivity index (χ2n) is 8.97. The molecule has 1 aliphatic rings. The highest BCUT2D eigenvalue weighted by molar-refractivity contribution is 5.68. The van der Waals surface area contributed by atoms with Crippen LogP contribution < -0.4 is 10.6 Å². The first-order valence-electron chi connectivity index (χ1n) is 12.3. The van der Waals surface area contributed by atoms with E-state index in [-0.39, 0.29) is 23.9 Å². The molecule has 0 saturated heterocycles. The fourth-order valence-corrected chi connectivity index (χ4v) is 4.01. The predicted octanol–water partition coefficient (Wildman–Crippen LogP) is 6.49. The summed E-state index contributed by atoms with van der Waals surface area (Å²) in [6.07, 6.45) is 10.0. The van der Waals surface area contributed by atoms with E-state index in [0.717, 1.165) is 30.4 Å². The van der Waals surface area contributed by atoms with E-state index in [2.05, 4.69) is 22.8 Å². The Morgan fingerprint density at radius 2 is 1.14 bits per heavy atom. The molecule has 0 aliphatic heterocycles. The average Bonchev–Trinajstić information content (AvgIpc) is 2.99. The minimum atomic E-state index is -0.410. The molecule has 0 aromatic heterocycles. The lowest BCUT2D eigenvalue weighted by Gasteiger charge is -2.18. The van der Waals surface area contributed by atoms with E-state index in [4.69, 9.17) is 9.47 Å². The fraction of sp³-hybridized carbons (Fsp3) is 0.379. The third-order valence-electron chi connectivity index (χ3n) is 6.15. The van der Waals surface area contributed by atoms with Gasteiger partial charge in [-0.2, -0.15) is 0 Å². The van der Waals surface area contributed by atoms with E-state index < -0.39 is 12.2 Å². The van der Waals surface area contributed by atoms with Crippen LogP contribution in [-0.4, -0.2) is 25.4 Å². The maximum absolute atomic E-state index is 12.2. The number of carbonyl (C=O) groups is 2. The first-order chi connectivity index (χ1) is 17.0. The van der Waals surface area contributed by atoms with E-state index in [1.54, 1.807) is 0 Å². The summed E-state index contributed by atoms with van der Waals surface area (Å²) in [6.45, 7) is 4.54. The molecule has 2 N–H and O–H groups in total. The summed E-state index contributed by atoms with van der Waals surface area (Å²) in [6, 6.07) is 19.4. The summed E-state index contributed by atoms with van der Waals surface area (Å²) in [5.74, 6) is 0.291. The van der Waals surface area contributed by atoms with E-state index in [0.29, 0.717) is 13.2 Å². The van der Waals surface area contributed by atoms with E-state index >= 15 is 0 Å². The number of rotatable bonds is 8. The number of allylic oxidation sites excluding steroid dienone is 2. The van der Waals surface area contributed by atoms with Crippen molar-refractivity contribution in [1.82, 2.24) is 10.6 Å². The fourth-order valence-electron chi connectivity index (χ4n) is 4.01. The van der Waals surface area contributed by atoms with E-state index in [9.17, 15) is 9.59 Å². The zero-order valence-electron chi connectivity index (χ0n) is 20.6. The molecule has 2 amide bonds. The van der Waals surface area contributed by atoms with Crippen LogP contribution >= 0.6 is 0 Å². The quantitative estimate of drug-likeness (QED) is 0.457. The number of hydrogen-bond acceptors (Lipinski definition) is 4. The van der Waals surface area contributed by atoms with Crippen LogP contribution in [0.4, 0.5) is 9.59 Å². The number of benzene rings is 2. The van der Waals surface area contributed by atoms with Gasteiger partial charge in [0.1, 0.15) is 0 Å². The molecule has 0 bridgehead atoms. The Morgan fingerprint density at radius 3 is 1.54 bits per heavy atom. The van der Waals surface area contributed by atoms with Crippen molar-refractivity contribution >= 4 is 12.2 Å². The predicted molar refractivity (Wildman–Crippen MR) is 138 cm³/mol. The lowest BCUT2D eigenvalue weighted by molar-refractivity contribution is 0.126. The summed E-state index contributed by atoms with van der Waals surface area (Å²) in [5.41, 5.74) is 2.07. The van der Waals surface area contributed by atoms with Gasteiger partial charge in [-0.15, -0.1) is 0 Å². The van der Waals surface area contributed by atoms with Crippen molar-refractivity contribution in [3.8, 4) is 0 Å². The van der Waals surface area contributed by atoms with Gasteiger partial charge in [0.2, 0.25) is 0 Å². The molecule has 2 aromatic carbocycles. The van der Waals surface area contributed by atoms with Gasteiger partial charge in [-0.3, -0.25) is 0 Å². The van der Waals surface area contributed by atoms with Gasteiger partial charge in [-0.1, -0.05) is 91.4 Å². The molecular formula is C29H36N2O4. The molecule has 0 saturated carbocycles. The Hall–Kier alpha value is -3.54. The Kier molecular flexibility index (Phi) is 10.4. The van der Waals surface area contributed by atoms with Gasteiger partial charge in [0.25, 0.3) is 0 Å². The molecule has 0 spiro atoms. The smallest absolute Gasteiger partial charge is 0.407 e. The topological polar surface area (TPSA) is 76.7 Å². The van der Waals surface area contributed by atoms with Crippen LogP contribution in [0.5, 0.6) is 0 Å². The highest BCUT2D eigenvalue weighted by atomic mass is 16.6. The molecule has 186 valence electrons. The monoisotopic (exact) mass is 476 g/mol. The molecule has 3 rings (SSSR count). The molecular weight excluding hydrogens is 440 g/mol. The van der Waals surface area contributed by atoms with E-state index in [1.165, 1.54) is 0 Å². The molecule has 0 radical (unpaired) electrons. The largest absolute Gasteiger partial charge is 0.449 e. The van der Waals surface area contributed by atoms with Crippen molar-refractivity contribution in [2.75, 3.05) is 13.2 Å². The van der Waals surface area contributed by atoms with Crippen molar-refractivity contribution in [3.05, 3.63) is 96.1 Å². The van der Waals surface area contributed by atoms with Crippen LogP contribution in [0, 0.1) is 11.8 Å². The van der Waals surface area contributed by atoms with Crippen LogP contribution in [-0.2, 0) is 9.47 Å². The number of carbonyl (C=O) groups excluding carboxylic acids is 2. The maximum Gasteiger partial charge on any atom is 0.407 e. The number of alkyl carbamates (subject to hydrolysis) is 2. The highest BCUT2D eigenvalue weighted by Gasteiger charge is 2.16. The Labute approximate surface area is 208 Å². The molecule has 4 atom stereocenters. The minimum absolute atomic E-state index is 0.114. The summed E-state index contributed by atoms with van der Waals surface area (Å²) in [5, 5.41) is 5.76. The van der Waals surface area contributed by atoms with Crippen molar-refractivity contribution in [2.24, 2.45) is 11.8 Å². The number of amides is 2. The Balaban J connectivity index is 1.36. The standard InChI is InChI=1S/C29H36N2O4/c1-22(26-16-5-3-6-17-26)30-28(32)34-20-24-12-9-10-13-25(15-11-14-24)21-35-29(33)31-23(2)27-18-7-4-8-19-27/h3-10,12-13,16-19,22-25H,11,14-15,20-21H2,1-2H3,(H,30,32)(H,31,33)/b12-9-,13-10-/t22-,23-,24-,25-/m0/s1. The first-order valence-corrected chi connectivity index (χ1v) is 12.3. The zero-order chi connectivity index (χ0) is 24.9. The lowest BCUT2D eigenvalue weighted by atomic mass is 9.98. The summed E-state index contributed by atoms with van der Waals surface area (Å²) in [4.78, 5) is 24.5. The second kappa shape index (κ2) is 14.0. The molecule has 35 heavy (non-hydrogen) atoms. The van der Waals surface area contributed by atoms with Gasteiger partial charge >= 0.3 is 12.2 Å². The summed E-state index contributed by atoms with van der Waals surface area (Å²) in [7, 11) is 0. The van der Waals surface area contributed by atoms with Crippen LogP contribution in [0.3, 0.4) is 0 Å². The Morgan fingerprint density at radius 1 is 0.743 bits per heavy atom. The second-order valence-corrected chi connectivity index (χ2v) is 8.97. The van der Waals surface area contributed by atoms with Crippen molar-refractivity contribution in [1.29, 1.82) is 0 Å². The zero-order valence-corrected chi connectivity index (χ0v) is 20.6. The molecule has 0 heterocycles. The number of ether oxygens (including phenoxy) is 2. The minimum Gasteiger partial charge on any atom is -0.449 e. The SMILES string of the molecule is C[C@H](NC(=O)OC[C@H]1/C=C\C=C/[C@H](COC(=O)N[C@@H](C)c2ccccc2)CCC1)c1ccccc1. The lowest BCUT2D eigenvalue weighted by Crippen LogP contribution is -2.29. The Bertz CT molecular complexity index is 895. The molecule has 6 heteroatoms. The highest BCUT2D eigenvalue weighted by Crippen LogP contribution is 2.20. The molecule has 6 nitrogen and oxygen atoms in total. The summed E-state index contributed by atoms with van der Waals surface area (Å²) < 4.78 is 11.0. The number of nitrogens with one attached hydrogen (secondary N) is 2. The van der Waals surface area contributed by atoms with Crippen LogP contribution in [0.25, 0.3) is 0 Å². The molecule has 2 aromatic rings. The van der Waals surface area contributed by atoms with Gasteiger partial charge in [-0.05, 0) is 37.8 Å². The van der Waals surface area contributed by atoms with Crippen LogP contribution in [0.1, 0.15) is 56.3 Å². The van der Waals surface area contributed by atoms with E-state index in [1.807, 2.05) is 86.7 Å². The van der Waals surface area contributed by atoms with Crippen molar-refractivity contribution in [2.45, 2.75) is 45.2 Å². The van der Waals surface area contributed by atoms with Gasteiger partial charge < -0.3 is 20.1 Å². The third-order valence-corrected chi connectivity index (χ3v) is 6.15. The maximum atomic E-state index is 12.2. The van der Waals surface area contributed by atoms with Gasteiger partial charge in [-0.25, -0.2) is 9.59 Å². The average molecular weight is 477 g/mol. The van der Waals surface area contributed by atoms with Crippen LogP contribution in [0.2, 0.25) is 0 Å². The molecule has 1 aliphatic carbocycles. The third kappa shape index (κ3) is 9.32. The van der Waals surface area contributed by atoms with Crippen molar-refractivity contribution < 1.29 is 19.1 Å². The normalized spacial score (nSPS) is 21.2. The molecule has 0 unspecified atom stereocenters. The van der Waals surface area contributed by atoms with Crippen LogP contribution in [0.15, 0.2) is 85.0 Å². The van der Waals surface area contributed by atoms with Gasteiger partial charge in [0.05, 0.1) is 25.3 Å². The first kappa shape index (κ1) is 26.1. The summed E-state index contributed by atoms with van der Waals surface area (Å²) >= 11 is 0.